The average molecular weight is 342 g/mol. The molecular weight excluding hydrogens is 320 g/mol. The van der Waals surface area contributed by atoms with Gasteiger partial charge >= 0.3 is 6.01 Å². The molecule has 1 saturated heterocycles. The van der Waals surface area contributed by atoms with Crippen LogP contribution in [-0.4, -0.2) is 45.1 Å². The fourth-order valence-electron chi connectivity index (χ4n) is 3.07. The molecular formula is C18H22N4O3. The van der Waals surface area contributed by atoms with Gasteiger partial charge in [0.1, 0.15) is 11.9 Å². The molecule has 0 N–H and O–H groups in total. The first kappa shape index (κ1) is 16.1. The number of aryl methyl sites for hydroxylation is 1. The largest absolute Gasteiger partial charge is 0.458 e. The Hall–Kier alpha value is -2.44. The van der Waals surface area contributed by atoms with Gasteiger partial charge in [0, 0.05) is 30.9 Å². The van der Waals surface area contributed by atoms with Gasteiger partial charge in [0.15, 0.2) is 5.69 Å². The fraction of sp³-hybridized carbons (Fsp3) is 0.556. The number of carbonyl (C=O) groups excluding carboxylic acids is 1. The van der Waals surface area contributed by atoms with Crippen molar-refractivity contribution < 1.29 is 14.1 Å². The molecule has 2 aliphatic rings. The lowest BCUT2D eigenvalue weighted by atomic mass is 10.1. The number of nitrogens with zero attached hydrogens (tertiary/aromatic N) is 4. The van der Waals surface area contributed by atoms with E-state index >= 15 is 0 Å². The number of hydrogen-bond donors (Lipinski definition) is 0. The van der Waals surface area contributed by atoms with E-state index in [1.807, 2.05) is 0 Å². The minimum Gasteiger partial charge on any atom is -0.458 e. The van der Waals surface area contributed by atoms with Crippen LogP contribution in [0, 0.1) is 0 Å². The van der Waals surface area contributed by atoms with Crippen molar-refractivity contribution in [3.05, 3.63) is 35.5 Å². The number of ether oxygens (including phenoxy) is 1. The summed E-state index contributed by atoms with van der Waals surface area (Å²) in [5.74, 6) is 1.19. The Labute approximate surface area is 146 Å². The van der Waals surface area contributed by atoms with Gasteiger partial charge in [0.2, 0.25) is 0 Å². The first-order valence-corrected chi connectivity index (χ1v) is 8.96. The predicted octanol–water partition coefficient (Wildman–Crippen LogP) is 2.59. The second-order valence-corrected chi connectivity index (χ2v) is 6.75. The summed E-state index contributed by atoms with van der Waals surface area (Å²) in [7, 11) is 0. The Kier molecular flexibility index (Phi) is 4.38. The Balaban J connectivity index is 1.38. The molecule has 1 aliphatic carbocycles. The summed E-state index contributed by atoms with van der Waals surface area (Å²) in [5.41, 5.74) is 1.47. The van der Waals surface area contributed by atoms with E-state index in [9.17, 15) is 4.79 Å². The van der Waals surface area contributed by atoms with E-state index in [1.165, 1.54) is 0 Å². The van der Waals surface area contributed by atoms with Crippen molar-refractivity contribution in [2.75, 3.05) is 13.1 Å². The van der Waals surface area contributed by atoms with Gasteiger partial charge in [0.05, 0.1) is 6.54 Å². The Bertz CT molecular complexity index is 739. The standard InChI is InChI=1S/C18H22N4O3/c1-2-12-9-19-18(20-10-12)24-14-4-3-7-22(11-14)17(23)15-8-16(25-21-15)13-5-6-13/h8-10,13-14H,2-7,11H2,1H3. The molecule has 25 heavy (non-hydrogen) atoms. The summed E-state index contributed by atoms with van der Waals surface area (Å²) in [6.45, 7) is 3.28. The third-order valence-corrected chi connectivity index (χ3v) is 4.75. The second-order valence-electron chi connectivity index (χ2n) is 6.75. The molecule has 1 saturated carbocycles. The Morgan fingerprint density at radius 3 is 2.84 bits per heavy atom. The van der Waals surface area contributed by atoms with E-state index in [4.69, 9.17) is 9.26 Å². The van der Waals surface area contributed by atoms with Crippen LogP contribution in [-0.2, 0) is 6.42 Å². The van der Waals surface area contributed by atoms with Crippen molar-refractivity contribution in [1.82, 2.24) is 20.0 Å². The van der Waals surface area contributed by atoms with Crippen LogP contribution in [0.1, 0.15) is 60.3 Å². The highest BCUT2D eigenvalue weighted by Gasteiger charge is 2.31. The number of amides is 1. The zero-order valence-electron chi connectivity index (χ0n) is 14.4. The monoisotopic (exact) mass is 342 g/mol. The van der Waals surface area contributed by atoms with Crippen molar-refractivity contribution in [2.45, 2.75) is 51.0 Å². The van der Waals surface area contributed by atoms with Crippen molar-refractivity contribution in [3.63, 3.8) is 0 Å². The summed E-state index contributed by atoms with van der Waals surface area (Å²) in [6.07, 6.45) is 8.38. The normalized spacial score (nSPS) is 20.5. The van der Waals surface area contributed by atoms with Gasteiger partial charge in [-0.1, -0.05) is 12.1 Å². The van der Waals surface area contributed by atoms with Gasteiger partial charge < -0.3 is 14.2 Å². The van der Waals surface area contributed by atoms with Gasteiger partial charge in [-0.25, -0.2) is 9.97 Å². The number of likely N-dealkylation sites (tertiary alicyclic amines) is 1. The van der Waals surface area contributed by atoms with Gasteiger partial charge in [-0.05, 0) is 37.7 Å². The van der Waals surface area contributed by atoms with Crippen LogP contribution in [0.15, 0.2) is 23.0 Å². The van der Waals surface area contributed by atoms with Crippen LogP contribution in [0.2, 0.25) is 0 Å². The zero-order chi connectivity index (χ0) is 17.2. The molecule has 0 bridgehead atoms. The summed E-state index contributed by atoms with van der Waals surface area (Å²) in [5, 5.41) is 3.95. The average Bonchev–Trinajstić information content (AvgIpc) is 3.39. The van der Waals surface area contributed by atoms with Gasteiger partial charge in [-0.2, -0.15) is 0 Å². The zero-order valence-corrected chi connectivity index (χ0v) is 14.4. The lowest BCUT2D eigenvalue weighted by Crippen LogP contribution is -2.44. The van der Waals surface area contributed by atoms with Crippen LogP contribution >= 0.6 is 0 Å². The number of rotatable bonds is 5. The molecule has 1 aliphatic heterocycles. The lowest BCUT2D eigenvalue weighted by Gasteiger charge is -2.31. The minimum absolute atomic E-state index is 0.0915. The maximum Gasteiger partial charge on any atom is 0.316 e. The fourth-order valence-corrected chi connectivity index (χ4v) is 3.07. The van der Waals surface area contributed by atoms with Gasteiger partial charge in [0.25, 0.3) is 5.91 Å². The van der Waals surface area contributed by atoms with Crippen LogP contribution in [0.25, 0.3) is 0 Å². The summed E-state index contributed by atoms with van der Waals surface area (Å²) in [6, 6.07) is 2.16. The summed E-state index contributed by atoms with van der Waals surface area (Å²) < 4.78 is 11.2. The van der Waals surface area contributed by atoms with Gasteiger partial charge in [-0.3, -0.25) is 4.79 Å². The molecule has 3 heterocycles. The highest BCUT2D eigenvalue weighted by molar-refractivity contribution is 5.92. The van der Waals surface area contributed by atoms with Gasteiger partial charge in [-0.15, -0.1) is 0 Å². The topological polar surface area (TPSA) is 81.4 Å². The maximum absolute atomic E-state index is 12.7. The smallest absolute Gasteiger partial charge is 0.316 e. The molecule has 0 spiro atoms. The van der Waals surface area contributed by atoms with Crippen molar-refractivity contribution in [2.24, 2.45) is 0 Å². The molecule has 2 aromatic heterocycles. The van der Waals surface area contributed by atoms with E-state index in [0.717, 1.165) is 43.4 Å². The second kappa shape index (κ2) is 6.82. The molecule has 0 aromatic carbocycles. The number of piperidine rings is 1. The van der Waals surface area contributed by atoms with E-state index in [1.54, 1.807) is 23.4 Å². The molecule has 1 atom stereocenters. The third-order valence-electron chi connectivity index (χ3n) is 4.75. The molecule has 0 radical (unpaired) electrons. The van der Waals surface area contributed by atoms with E-state index in [-0.39, 0.29) is 12.0 Å². The SMILES string of the molecule is CCc1cnc(OC2CCCN(C(=O)c3cc(C4CC4)on3)C2)nc1. The highest BCUT2D eigenvalue weighted by atomic mass is 16.5. The van der Waals surface area contributed by atoms with Crippen molar-refractivity contribution >= 4 is 5.91 Å². The summed E-state index contributed by atoms with van der Waals surface area (Å²) in [4.78, 5) is 22.9. The van der Waals surface area contributed by atoms with Crippen LogP contribution in [0.5, 0.6) is 6.01 Å². The lowest BCUT2D eigenvalue weighted by molar-refractivity contribution is 0.0507. The first-order valence-electron chi connectivity index (χ1n) is 8.96. The Morgan fingerprint density at radius 2 is 2.12 bits per heavy atom. The summed E-state index contributed by atoms with van der Waals surface area (Å²) >= 11 is 0. The van der Waals surface area contributed by atoms with E-state index < -0.39 is 0 Å². The highest BCUT2D eigenvalue weighted by Crippen LogP contribution is 2.40. The molecule has 132 valence electrons. The molecule has 1 amide bonds. The number of carbonyl (C=O) groups is 1. The quantitative estimate of drug-likeness (QED) is 0.831. The van der Waals surface area contributed by atoms with Crippen molar-refractivity contribution in [3.8, 4) is 6.01 Å². The molecule has 4 rings (SSSR count). The molecule has 2 fully saturated rings. The Morgan fingerprint density at radius 1 is 1.32 bits per heavy atom. The predicted molar refractivity (Wildman–Crippen MR) is 89.4 cm³/mol. The van der Waals surface area contributed by atoms with E-state index in [2.05, 4.69) is 22.0 Å². The third kappa shape index (κ3) is 3.65. The molecule has 2 aromatic rings. The number of aromatic nitrogens is 3. The number of hydrogen-bond acceptors (Lipinski definition) is 6. The van der Waals surface area contributed by atoms with Crippen LogP contribution < -0.4 is 4.74 Å². The van der Waals surface area contributed by atoms with Crippen molar-refractivity contribution in [1.29, 1.82) is 0 Å². The first-order chi connectivity index (χ1) is 12.2. The van der Waals surface area contributed by atoms with Crippen LogP contribution in [0.4, 0.5) is 0 Å². The molecule has 1 unspecified atom stereocenters. The minimum atomic E-state index is -0.0972. The van der Waals surface area contributed by atoms with Crippen LogP contribution in [0.3, 0.4) is 0 Å². The molecule has 7 nitrogen and oxygen atoms in total. The maximum atomic E-state index is 12.7. The van der Waals surface area contributed by atoms with E-state index in [0.29, 0.717) is 30.7 Å². The molecule has 7 heteroatoms.